The highest BCUT2D eigenvalue weighted by Gasteiger charge is 2.46. The number of aromatic nitrogens is 3. The number of furan rings is 1. The highest BCUT2D eigenvalue weighted by atomic mass is 16.3. The molecule has 2 heterocycles. The number of rotatable bonds is 7. The van der Waals surface area contributed by atoms with Crippen molar-refractivity contribution in [3.63, 3.8) is 0 Å². The third-order valence-electron chi connectivity index (χ3n) is 14.4. The number of hydrogen-bond donors (Lipinski definition) is 0. The summed E-state index contributed by atoms with van der Waals surface area (Å²) < 4.78 is 6.42. The van der Waals surface area contributed by atoms with Crippen LogP contribution in [0.2, 0.25) is 0 Å². The van der Waals surface area contributed by atoms with Crippen molar-refractivity contribution in [2.24, 2.45) is 0 Å². The highest BCUT2D eigenvalue weighted by Crippen LogP contribution is 2.56. The first-order chi connectivity index (χ1) is 34.7. The molecule has 0 radical (unpaired) electrons. The van der Waals surface area contributed by atoms with Crippen LogP contribution < -0.4 is 0 Å². The van der Waals surface area contributed by atoms with Crippen LogP contribution in [0.25, 0.3) is 111 Å². The molecular formula is C66H41N3O. The molecule has 11 aromatic carbocycles. The summed E-state index contributed by atoms with van der Waals surface area (Å²) in [5.41, 5.74) is 16.1. The summed E-state index contributed by atoms with van der Waals surface area (Å²) >= 11 is 0. The average Bonchev–Trinajstić information content (AvgIpc) is 3.97. The molecule has 0 spiro atoms. The van der Waals surface area contributed by atoms with Crippen LogP contribution in [0.5, 0.6) is 0 Å². The van der Waals surface area contributed by atoms with Crippen molar-refractivity contribution in [3.8, 4) is 67.5 Å². The summed E-state index contributed by atoms with van der Waals surface area (Å²) in [5, 5.41) is 6.88. The van der Waals surface area contributed by atoms with E-state index in [0.29, 0.717) is 17.5 Å². The minimum Gasteiger partial charge on any atom is -0.456 e. The van der Waals surface area contributed by atoms with Gasteiger partial charge in [-0.3, -0.25) is 0 Å². The second-order valence-electron chi connectivity index (χ2n) is 18.3. The molecule has 0 saturated heterocycles. The lowest BCUT2D eigenvalue weighted by atomic mass is 9.67. The van der Waals surface area contributed by atoms with Crippen molar-refractivity contribution in [2.75, 3.05) is 0 Å². The number of fused-ring (bicyclic) bond motifs is 9. The van der Waals surface area contributed by atoms with Gasteiger partial charge in [-0.1, -0.05) is 212 Å². The highest BCUT2D eigenvalue weighted by molar-refractivity contribution is 6.15. The molecule has 4 nitrogen and oxygen atoms in total. The Balaban J connectivity index is 0.878. The summed E-state index contributed by atoms with van der Waals surface area (Å²) in [6.45, 7) is 0. The maximum Gasteiger partial charge on any atom is 0.164 e. The zero-order chi connectivity index (χ0) is 46.2. The van der Waals surface area contributed by atoms with Gasteiger partial charge in [-0.2, -0.15) is 0 Å². The van der Waals surface area contributed by atoms with Crippen molar-refractivity contribution >= 4 is 43.5 Å². The molecule has 326 valence electrons. The average molecular weight is 892 g/mol. The Hall–Kier alpha value is -9.25. The van der Waals surface area contributed by atoms with Gasteiger partial charge in [0.15, 0.2) is 17.5 Å². The fourth-order valence-corrected chi connectivity index (χ4v) is 11.2. The van der Waals surface area contributed by atoms with Crippen molar-refractivity contribution in [1.29, 1.82) is 0 Å². The summed E-state index contributed by atoms with van der Waals surface area (Å²) in [5.74, 6) is 1.87. The van der Waals surface area contributed by atoms with E-state index in [1.807, 2.05) is 18.2 Å². The van der Waals surface area contributed by atoms with Crippen LogP contribution in [-0.2, 0) is 5.41 Å². The van der Waals surface area contributed by atoms with E-state index in [-0.39, 0.29) is 0 Å². The predicted octanol–water partition coefficient (Wildman–Crippen LogP) is 16.8. The molecule has 0 N–H and O–H groups in total. The molecule has 0 unspecified atom stereocenters. The smallest absolute Gasteiger partial charge is 0.164 e. The van der Waals surface area contributed by atoms with Crippen molar-refractivity contribution in [1.82, 2.24) is 15.0 Å². The van der Waals surface area contributed by atoms with Gasteiger partial charge in [0, 0.05) is 27.5 Å². The van der Waals surface area contributed by atoms with E-state index < -0.39 is 5.41 Å². The molecule has 13 aromatic rings. The van der Waals surface area contributed by atoms with Crippen molar-refractivity contribution in [2.45, 2.75) is 5.41 Å². The van der Waals surface area contributed by atoms with Gasteiger partial charge < -0.3 is 4.42 Å². The van der Waals surface area contributed by atoms with E-state index in [1.165, 1.54) is 55.1 Å². The number of nitrogens with zero attached hydrogens (tertiary/aromatic N) is 3. The normalized spacial score (nSPS) is 12.7. The van der Waals surface area contributed by atoms with E-state index in [4.69, 9.17) is 19.4 Å². The molecule has 0 amide bonds. The molecule has 0 saturated carbocycles. The minimum atomic E-state index is -0.544. The molecule has 1 aliphatic rings. The van der Waals surface area contributed by atoms with Gasteiger partial charge in [0.1, 0.15) is 11.2 Å². The summed E-state index contributed by atoms with van der Waals surface area (Å²) in [4.78, 5) is 15.7. The van der Waals surface area contributed by atoms with Gasteiger partial charge in [0.25, 0.3) is 0 Å². The predicted molar refractivity (Wildman–Crippen MR) is 287 cm³/mol. The molecule has 4 heteroatoms. The maximum atomic E-state index is 6.42. The Morgan fingerprint density at radius 1 is 0.286 bits per heavy atom. The zero-order valence-electron chi connectivity index (χ0n) is 37.9. The third-order valence-corrected chi connectivity index (χ3v) is 14.4. The molecule has 70 heavy (non-hydrogen) atoms. The molecule has 0 bridgehead atoms. The van der Waals surface area contributed by atoms with Crippen LogP contribution in [0.4, 0.5) is 0 Å². The molecule has 1 aliphatic carbocycles. The standard InChI is InChI=1S/C66H41N3O/c1-4-16-42(17-5-1)44-34-37-60-57(41-44)62-54(26-15-29-61(62)70-60)47-32-35-52-45(38-47)30-31-46-39-49(33-36-53(46)52)65-68-63(43-18-6-2-7-19-43)67-64(69-65)48-20-14-23-51(40-48)66(50-21-8-3-9-22-50)58-27-12-10-24-55(58)56-25-11-13-28-59(56)66/h1-41H. The monoisotopic (exact) mass is 891 g/mol. The van der Waals surface area contributed by atoms with Gasteiger partial charge in [0.2, 0.25) is 0 Å². The Morgan fingerprint density at radius 2 is 0.786 bits per heavy atom. The van der Waals surface area contributed by atoms with Crippen molar-refractivity contribution in [3.05, 3.63) is 271 Å². The van der Waals surface area contributed by atoms with Gasteiger partial charge >= 0.3 is 0 Å². The zero-order valence-corrected chi connectivity index (χ0v) is 37.9. The number of hydrogen-bond acceptors (Lipinski definition) is 4. The van der Waals surface area contributed by atoms with Gasteiger partial charge in [-0.25, -0.2) is 15.0 Å². The second kappa shape index (κ2) is 15.9. The van der Waals surface area contributed by atoms with Gasteiger partial charge in [0.05, 0.1) is 5.41 Å². The van der Waals surface area contributed by atoms with E-state index in [0.717, 1.165) is 60.7 Å². The van der Waals surface area contributed by atoms with E-state index in [1.54, 1.807) is 0 Å². The fourth-order valence-electron chi connectivity index (χ4n) is 11.2. The van der Waals surface area contributed by atoms with E-state index in [2.05, 4.69) is 231 Å². The summed E-state index contributed by atoms with van der Waals surface area (Å²) in [7, 11) is 0. The van der Waals surface area contributed by atoms with Gasteiger partial charge in [-0.15, -0.1) is 0 Å². The lowest BCUT2D eigenvalue weighted by Crippen LogP contribution is -2.28. The molecule has 0 fully saturated rings. The Kier molecular flexibility index (Phi) is 9.08. The fraction of sp³-hybridized carbons (Fsp3) is 0.0152. The van der Waals surface area contributed by atoms with Crippen LogP contribution in [0, 0.1) is 0 Å². The summed E-state index contributed by atoms with van der Waals surface area (Å²) in [6, 6.07) is 88.8. The molecule has 0 atom stereocenters. The first-order valence-corrected chi connectivity index (χ1v) is 23.8. The van der Waals surface area contributed by atoms with Gasteiger partial charge in [-0.05, 0) is 114 Å². The Labute approximate surface area is 404 Å². The molecule has 14 rings (SSSR count). The second-order valence-corrected chi connectivity index (χ2v) is 18.3. The minimum absolute atomic E-state index is 0.544. The third kappa shape index (κ3) is 6.27. The lowest BCUT2D eigenvalue weighted by Gasteiger charge is -2.34. The van der Waals surface area contributed by atoms with E-state index >= 15 is 0 Å². The first-order valence-electron chi connectivity index (χ1n) is 23.8. The van der Waals surface area contributed by atoms with Crippen LogP contribution in [-0.4, -0.2) is 15.0 Å². The SMILES string of the molecule is c1ccc(-c2ccc3oc4cccc(-c5ccc6c(ccc7cc(-c8nc(-c9ccccc9)nc(-c9cccc(C%10(c%11ccccc%11)c%11ccccc%11-c%11ccccc%11%10)c9)n8)ccc76)c5)c4c3c2)cc1. The quantitative estimate of drug-likeness (QED) is 0.150. The summed E-state index contributed by atoms with van der Waals surface area (Å²) in [6.07, 6.45) is 0. The maximum absolute atomic E-state index is 6.42. The van der Waals surface area contributed by atoms with Crippen LogP contribution in [0.1, 0.15) is 22.3 Å². The molecule has 0 aliphatic heterocycles. The molecule has 2 aromatic heterocycles. The lowest BCUT2D eigenvalue weighted by molar-refractivity contribution is 0.669. The van der Waals surface area contributed by atoms with Crippen molar-refractivity contribution < 1.29 is 4.42 Å². The largest absolute Gasteiger partial charge is 0.456 e. The van der Waals surface area contributed by atoms with Crippen LogP contribution in [0.15, 0.2) is 253 Å². The van der Waals surface area contributed by atoms with E-state index in [9.17, 15) is 0 Å². The molecular weight excluding hydrogens is 851 g/mol. The van der Waals surface area contributed by atoms with Crippen LogP contribution >= 0.6 is 0 Å². The van der Waals surface area contributed by atoms with Crippen LogP contribution in [0.3, 0.4) is 0 Å². The number of benzene rings is 11. The first kappa shape index (κ1) is 39.9. The Bertz CT molecular complexity index is 4130. The Morgan fingerprint density at radius 3 is 1.47 bits per heavy atom. The topological polar surface area (TPSA) is 51.8 Å².